The van der Waals surface area contributed by atoms with Crippen molar-refractivity contribution in [3.63, 3.8) is 0 Å². The Hall–Kier alpha value is -6.10. The summed E-state index contributed by atoms with van der Waals surface area (Å²) in [6.07, 6.45) is 17.6. The summed E-state index contributed by atoms with van der Waals surface area (Å²) in [6, 6.07) is 22.7. The predicted molar refractivity (Wildman–Crippen MR) is 269 cm³/mol. The average molecular weight is 953 g/mol. The maximum absolute atomic E-state index is 13.5. The Bertz CT molecular complexity index is 2610. The van der Waals surface area contributed by atoms with Crippen LogP contribution in [0.5, 0.6) is 11.5 Å². The molecule has 3 aromatic carbocycles. The van der Waals surface area contributed by atoms with Gasteiger partial charge in [-0.15, -0.1) is 11.8 Å². The van der Waals surface area contributed by atoms with Crippen LogP contribution in [0.2, 0.25) is 0 Å². The molecule has 69 heavy (non-hydrogen) atoms. The third kappa shape index (κ3) is 11.9. The van der Waals surface area contributed by atoms with Crippen LogP contribution in [0.15, 0.2) is 96.2 Å². The van der Waals surface area contributed by atoms with Crippen LogP contribution in [-0.4, -0.2) is 127 Å². The summed E-state index contributed by atoms with van der Waals surface area (Å²) in [7, 11) is 0. The topological polar surface area (TPSA) is 172 Å². The van der Waals surface area contributed by atoms with Gasteiger partial charge in [0.05, 0.1) is 11.4 Å². The van der Waals surface area contributed by atoms with E-state index in [0.717, 1.165) is 91.8 Å². The van der Waals surface area contributed by atoms with Gasteiger partial charge in [0.2, 0.25) is 17.7 Å². The van der Waals surface area contributed by atoms with Gasteiger partial charge in [-0.3, -0.25) is 29.4 Å². The molecule has 6 heterocycles. The van der Waals surface area contributed by atoms with Crippen molar-refractivity contribution < 1.29 is 23.9 Å². The monoisotopic (exact) mass is 952 g/mol. The summed E-state index contributed by atoms with van der Waals surface area (Å²) in [4.78, 5) is 69.3. The number of rotatable bonds is 20. The first-order valence-corrected chi connectivity index (χ1v) is 25.9. The number of nitrogen functional groups attached to an aromatic ring is 1. The highest BCUT2D eigenvalue weighted by Crippen LogP contribution is 2.37. The van der Waals surface area contributed by atoms with Crippen LogP contribution in [0.4, 0.5) is 5.82 Å². The van der Waals surface area contributed by atoms with Gasteiger partial charge in [0.25, 0.3) is 5.91 Å². The molecule has 2 atom stereocenters. The van der Waals surface area contributed by atoms with Gasteiger partial charge in [0, 0.05) is 80.9 Å². The van der Waals surface area contributed by atoms with E-state index in [1.54, 1.807) is 22.7 Å². The standard InChI is InChI=1S/C53H64N10O5S/c54-50-48-49(38-21-23-41(24-22-38)68-40-16-8-7-9-17-40)58-63(51(48)56-37-55-50)39-15-13-29-61(35-39)47(65)20-14-28-60-32-30-59(31-33-60)27-10-5-3-1-2-4-6-11-34-69-45-19-12-18-42-43(45)36-62(53(42)67)44-25-26-46(64)57-52(44)66/h7-9,12,14,16-24,37,39,44H,1-6,10-11,13,15,25-36H2,(H2,54,55,56)(H,57,64,66)/b20-14+/t39-,44?/m1/s1. The number of piperidine rings is 2. The summed E-state index contributed by atoms with van der Waals surface area (Å²) in [5, 5.41) is 8.16. The lowest BCUT2D eigenvalue weighted by Gasteiger charge is -2.34. The van der Waals surface area contributed by atoms with Crippen LogP contribution in [0.25, 0.3) is 22.3 Å². The van der Waals surface area contributed by atoms with Gasteiger partial charge in [-0.25, -0.2) is 14.6 Å². The number of imide groups is 1. The fraction of sp³-hybridized carbons (Fsp3) is 0.453. The molecule has 2 aromatic heterocycles. The number of unbranched alkanes of at least 4 members (excludes halogenated alkanes) is 7. The van der Waals surface area contributed by atoms with Crippen molar-refractivity contribution in [2.45, 2.75) is 101 Å². The fourth-order valence-electron chi connectivity index (χ4n) is 10.1. The molecule has 4 amide bonds. The Labute approximate surface area is 408 Å². The number of para-hydroxylation sites is 1. The van der Waals surface area contributed by atoms with Crippen LogP contribution >= 0.6 is 11.8 Å². The number of likely N-dealkylation sites (tertiary alicyclic amines) is 1. The van der Waals surface area contributed by atoms with Crippen molar-refractivity contribution >= 4 is 52.2 Å². The van der Waals surface area contributed by atoms with Gasteiger partial charge in [-0.1, -0.05) is 68.9 Å². The van der Waals surface area contributed by atoms with E-state index in [1.807, 2.05) is 82.4 Å². The number of nitrogens with two attached hydrogens (primary N) is 1. The number of ether oxygens (including phenoxy) is 1. The fourth-order valence-corrected chi connectivity index (χ4v) is 11.2. The predicted octanol–water partition coefficient (Wildman–Crippen LogP) is 7.88. The lowest BCUT2D eigenvalue weighted by atomic mass is 10.0. The molecule has 0 aliphatic carbocycles. The highest BCUT2D eigenvalue weighted by Gasteiger charge is 2.40. The van der Waals surface area contributed by atoms with E-state index in [9.17, 15) is 19.2 Å². The third-order valence-corrected chi connectivity index (χ3v) is 15.1. The largest absolute Gasteiger partial charge is 0.457 e. The van der Waals surface area contributed by atoms with Crippen LogP contribution in [0, 0.1) is 0 Å². The Balaban J connectivity index is 0.635. The van der Waals surface area contributed by atoms with Gasteiger partial charge in [-0.05, 0) is 98.5 Å². The number of aromatic nitrogens is 4. The normalized spacial score (nSPS) is 19.2. The first kappa shape index (κ1) is 47.9. The molecule has 5 aromatic rings. The number of benzene rings is 3. The summed E-state index contributed by atoms with van der Waals surface area (Å²) in [6.45, 7) is 7.76. The number of thioether (sulfide) groups is 1. The number of nitrogens with zero attached hydrogens (tertiary/aromatic N) is 8. The average Bonchev–Trinajstić information content (AvgIpc) is 3.93. The zero-order chi connectivity index (χ0) is 47.5. The van der Waals surface area contributed by atoms with Gasteiger partial charge < -0.3 is 25.2 Å². The second-order valence-electron chi connectivity index (χ2n) is 18.7. The third-order valence-electron chi connectivity index (χ3n) is 13.9. The van der Waals surface area contributed by atoms with E-state index in [4.69, 9.17) is 15.6 Å². The highest BCUT2D eigenvalue weighted by molar-refractivity contribution is 7.99. The second-order valence-corrected chi connectivity index (χ2v) is 19.8. The minimum atomic E-state index is -0.581. The number of carbonyl (C=O) groups excluding carboxylic acids is 4. The van der Waals surface area contributed by atoms with Crippen molar-refractivity contribution in [3.05, 3.63) is 102 Å². The van der Waals surface area contributed by atoms with Crippen LogP contribution in [0.3, 0.4) is 0 Å². The van der Waals surface area contributed by atoms with Gasteiger partial charge in [-0.2, -0.15) is 5.10 Å². The smallest absolute Gasteiger partial charge is 0.255 e. The van der Waals surface area contributed by atoms with E-state index in [1.165, 1.54) is 51.3 Å². The Kier molecular flexibility index (Phi) is 16.0. The van der Waals surface area contributed by atoms with Gasteiger partial charge in [0.1, 0.15) is 35.4 Å². The molecule has 0 radical (unpaired) electrons. The first-order valence-electron chi connectivity index (χ1n) is 24.9. The van der Waals surface area contributed by atoms with Crippen molar-refractivity contribution in [2.24, 2.45) is 0 Å². The summed E-state index contributed by atoms with van der Waals surface area (Å²) in [5.74, 6) is 2.16. The van der Waals surface area contributed by atoms with Crippen molar-refractivity contribution in [3.8, 4) is 22.8 Å². The van der Waals surface area contributed by atoms with Gasteiger partial charge in [0.15, 0.2) is 5.65 Å². The minimum Gasteiger partial charge on any atom is -0.457 e. The number of fused-ring (bicyclic) bond motifs is 2. The summed E-state index contributed by atoms with van der Waals surface area (Å²) in [5.41, 5.74) is 10.4. The van der Waals surface area contributed by atoms with E-state index in [2.05, 4.69) is 31.2 Å². The number of piperazine rings is 1. The number of hydrogen-bond donors (Lipinski definition) is 2. The number of nitrogens with one attached hydrogen (secondary N) is 1. The van der Waals surface area contributed by atoms with E-state index >= 15 is 0 Å². The molecular weight excluding hydrogens is 889 g/mol. The van der Waals surface area contributed by atoms with Crippen molar-refractivity contribution in [2.75, 3.05) is 63.8 Å². The minimum absolute atomic E-state index is 0.0328. The van der Waals surface area contributed by atoms with Crippen molar-refractivity contribution in [1.82, 2.24) is 44.7 Å². The quantitative estimate of drug-likeness (QED) is 0.0335. The summed E-state index contributed by atoms with van der Waals surface area (Å²) < 4.78 is 7.95. The molecule has 3 saturated heterocycles. The highest BCUT2D eigenvalue weighted by atomic mass is 32.2. The van der Waals surface area contributed by atoms with Crippen molar-refractivity contribution in [1.29, 1.82) is 0 Å². The lowest BCUT2D eigenvalue weighted by Crippen LogP contribution is -2.52. The number of carbonyl (C=O) groups is 4. The molecule has 0 bridgehead atoms. The molecular formula is C53H64N10O5S. The Morgan fingerprint density at radius 2 is 1.55 bits per heavy atom. The summed E-state index contributed by atoms with van der Waals surface area (Å²) >= 11 is 1.81. The maximum atomic E-state index is 13.5. The number of amides is 4. The second kappa shape index (κ2) is 23.0. The maximum Gasteiger partial charge on any atom is 0.255 e. The molecule has 15 nitrogen and oxygen atoms in total. The van der Waals surface area contributed by atoms with E-state index < -0.39 is 6.04 Å². The SMILES string of the molecule is Nc1ncnc2c1c(-c1ccc(Oc3ccccc3)cc1)nn2[C@@H]1CCCN(C(=O)/C=C/CN2CCN(CCCCCCCCCCSc3cccc4c3CN(C3CCC(=O)NC3=O)C4=O)CC2)C1. The van der Waals surface area contributed by atoms with E-state index in [-0.39, 0.29) is 36.1 Å². The molecule has 3 N–H and O–H groups in total. The lowest BCUT2D eigenvalue weighted by molar-refractivity contribution is -0.137. The molecule has 4 aliphatic heterocycles. The molecule has 9 rings (SSSR count). The van der Waals surface area contributed by atoms with Gasteiger partial charge >= 0.3 is 0 Å². The zero-order valence-corrected chi connectivity index (χ0v) is 40.3. The molecule has 1 unspecified atom stereocenters. The zero-order valence-electron chi connectivity index (χ0n) is 39.5. The Morgan fingerprint density at radius 1 is 0.812 bits per heavy atom. The van der Waals surface area contributed by atoms with Crippen LogP contribution in [0.1, 0.15) is 99.0 Å². The Morgan fingerprint density at radius 3 is 2.33 bits per heavy atom. The number of anilines is 1. The molecule has 4 aliphatic rings. The van der Waals surface area contributed by atoms with E-state index in [0.29, 0.717) is 54.2 Å². The van der Waals surface area contributed by atoms with Crippen LogP contribution in [-0.2, 0) is 20.9 Å². The molecule has 16 heteroatoms. The molecule has 362 valence electrons. The van der Waals surface area contributed by atoms with Crippen LogP contribution < -0.4 is 15.8 Å². The first-order chi connectivity index (χ1) is 33.8. The molecule has 0 spiro atoms. The number of hydrogen-bond acceptors (Lipinski definition) is 12. The molecule has 0 saturated carbocycles. The molecule has 3 fully saturated rings.